The van der Waals surface area contributed by atoms with Crippen LogP contribution in [0.1, 0.15) is 12.5 Å². The van der Waals surface area contributed by atoms with Crippen molar-refractivity contribution in [1.82, 2.24) is 0 Å². The van der Waals surface area contributed by atoms with Gasteiger partial charge < -0.3 is 10.0 Å². The minimum atomic E-state index is -1.27. The molecular formula is C12H15BO2. The van der Waals surface area contributed by atoms with Crippen molar-refractivity contribution in [1.29, 1.82) is 0 Å². The van der Waals surface area contributed by atoms with E-state index in [1.807, 2.05) is 49.4 Å². The molecule has 0 heterocycles. The van der Waals surface area contributed by atoms with E-state index in [4.69, 9.17) is 10.0 Å². The number of rotatable bonds is 4. The van der Waals surface area contributed by atoms with E-state index < -0.39 is 7.12 Å². The molecule has 1 aromatic rings. The summed E-state index contributed by atoms with van der Waals surface area (Å²) in [5, 5.41) is 17.4. The van der Waals surface area contributed by atoms with Crippen molar-refractivity contribution in [2.24, 2.45) is 0 Å². The van der Waals surface area contributed by atoms with E-state index in [2.05, 4.69) is 0 Å². The molecule has 0 aromatic heterocycles. The molecular weight excluding hydrogens is 187 g/mol. The zero-order chi connectivity index (χ0) is 11.1. The second-order valence-electron chi connectivity index (χ2n) is 3.23. The Hall–Kier alpha value is -1.32. The molecule has 78 valence electrons. The van der Waals surface area contributed by atoms with Gasteiger partial charge in [-0.3, -0.25) is 0 Å². The summed E-state index contributed by atoms with van der Waals surface area (Å²) in [4.78, 5) is 0. The third kappa shape index (κ3) is 4.15. The molecule has 3 heteroatoms. The van der Waals surface area contributed by atoms with Gasteiger partial charge in [0.2, 0.25) is 0 Å². The third-order valence-electron chi connectivity index (χ3n) is 2.06. The molecule has 0 saturated carbocycles. The Kier molecular flexibility index (Phi) is 4.88. The van der Waals surface area contributed by atoms with Crippen LogP contribution in [-0.2, 0) is 0 Å². The van der Waals surface area contributed by atoms with Gasteiger partial charge in [0.15, 0.2) is 0 Å². The SMILES string of the molecule is C/C=C(\C=C/CB(O)O)c1ccccc1. The predicted octanol–water partition coefficient (Wildman–Crippen LogP) is 2.12. The molecule has 0 saturated heterocycles. The van der Waals surface area contributed by atoms with Crippen LogP contribution in [0, 0.1) is 0 Å². The summed E-state index contributed by atoms with van der Waals surface area (Å²) in [6.45, 7) is 1.96. The Morgan fingerprint density at radius 1 is 1.27 bits per heavy atom. The Morgan fingerprint density at radius 3 is 2.47 bits per heavy atom. The first-order valence-corrected chi connectivity index (χ1v) is 4.98. The summed E-state index contributed by atoms with van der Waals surface area (Å²) in [6.07, 6.45) is 5.90. The van der Waals surface area contributed by atoms with Crippen molar-refractivity contribution in [2.45, 2.75) is 13.2 Å². The van der Waals surface area contributed by atoms with Crippen LogP contribution in [0.15, 0.2) is 48.6 Å². The van der Waals surface area contributed by atoms with E-state index in [0.717, 1.165) is 11.1 Å². The molecule has 0 aliphatic rings. The van der Waals surface area contributed by atoms with Gasteiger partial charge in [0.05, 0.1) is 0 Å². The van der Waals surface area contributed by atoms with Crippen molar-refractivity contribution < 1.29 is 10.0 Å². The zero-order valence-electron chi connectivity index (χ0n) is 8.80. The topological polar surface area (TPSA) is 40.5 Å². The second kappa shape index (κ2) is 6.22. The maximum atomic E-state index is 8.69. The lowest BCUT2D eigenvalue weighted by Crippen LogP contribution is -2.07. The van der Waals surface area contributed by atoms with Gasteiger partial charge in [0.1, 0.15) is 0 Å². The first-order chi connectivity index (χ1) is 7.24. The first-order valence-electron chi connectivity index (χ1n) is 4.98. The van der Waals surface area contributed by atoms with Crippen LogP contribution in [-0.4, -0.2) is 17.2 Å². The fourth-order valence-electron chi connectivity index (χ4n) is 1.31. The molecule has 0 radical (unpaired) electrons. The monoisotopic (exact) mass is 202 g/mol. The zero-order valence-corrected chi connectivity index (χ0v) is 8.80. The van der Waals surface area contributed by atoms with Gasteiger partial charge in [-0.15, -0.1) is 0 Å². The summed E-state index contributed by atoms with van der Waals surface area (Å²) >= 11 is 0. The summed E-state index contributed by atoms with van der Waals surface area (Å²) in [5.41, 5.74) is 2.21. The quantitative estimate of drug-likeness (QED) is 0.579. The molecule has 2 nitrogen and oxygen atoms in total. The molecule has 1 rings (SSSR count). The van der Waals surface area contributed by atoms with Gasteiger partial charge in [0.25, 0.3) is 0 Å². The first kappa shape index (κ1) is 11.8. The summed E-state index contributed by atoms with van der Waals surface area (Å²) in [5.74, 6) is 0. The van der Waals surface area contributed by atoms with Gasteiger partial charge in [-0.05, 0) is 18.1 Å². The van der Waals surface area contributed by atoms with E-state index in [1.165, 1.54) is 0 Å². The average molecular weight is 202 g/mol. The van der Waals surface area contributed by atoms with Crippen LogP contribution in [0.3, 0.4) is 0 Å². The number of benzene rings is 1. The fraction of sp³-hybridized carbons (Fsp3) is 0.167. The average Bonchev–Trinajstić information content (AvgIpc) is 2.25. The second-order valence-corrected chi connectivity index (χ2v) is 3.23. The van der Waals surface area contributed by atoms with Crippen LogP contribution < -0.4 is 0 Å². The highest BCUT2D eigenvalue weighted by molar-refractivity contribution is 6.41. The molecule has 2 N–H and O–H groups in total. The van der Waals surface area contributed by atoms with Crippen LogP contribution in [0.4, 0.5) is 0 Å². The van der Waals surface area contributed by atoms with Crippen LogP contribution in [0.2, 0.25) is 6.32 Å². The minimum Gasteiger partial charge on any atom is -0.427 e. The fourth-order valence-corrected chi connectivity index (χ4v) is 1.31. The lowest BCUT2D eigenvalue weighted by Gasteiger charge is -2.00. The highest BCUT2D eigenvalue weighted by Gasteiger charge is 2.02. The van der Waals surface area contributed by atoms with Crippen molar-refractivity contribution >= 4 is 12.7 Å². The Balaban J connectivity index is 2.70. The molecule has 0 aliphatic heterocycles. The molecule has 15 heavy (non-hydrogen) atoms. The van der Waals surface area contributed by atoms with Crippen LogP contribution >= 0.6 is 0 Å². The third-order valence-corrected chi connectivity index (χ3v) is 2.06. The molecule has 0 amide bonds. The standard InChI is InChI=1S/C12H15BO2/c1-2-11(9-6-10-13(14)15)12-7-4-3-5-8-12/h2-9,14-15H,10H2,1H3/b9-6-,11-2+. The van der Waals surface area contributed by atoms with E-state index >= 15 is 0 Å². The molecule has 0 unspecified atom stereocenters. The van der Waals surface area contributed by atoms with Crippen molar-refractivity contribution in [3.05, 3.63) is 54.1 Å². The number of hydrogen-bond donors (Lipinski definition) is 2. The summed E-state index contributed by atoms with van der Waals surface area (Å²) in [6, 6.07) is 9.98. The maximum Gasteiger partial charge on any atom is 0.455 e. The van der Waals surface area contributed by atoms with Crippen molar-refractivity contribution in [3.63, 3.8) is 0 Å². The van der Waals surface area contributed by atoms with E-state index in [9.17, 15) is 0 Å². The Morgan fingerprint density at radius 2 is 1.93 bits per heavy atom. The van der Waals surface area contributed by atoms with Gasteiger partial charge in [-0.2, -0.15) is 0 Å². The molecule has 0 atom stereocenters. The van der Waals surface area contributed by atoms with E-state index in [1.54, 1.807) is 6.08 Å². The maximum absolute atomic E-state index is 8.69. The summed E-state index contributed by atoms with van der Waals surface area (Å²) < 4.78 is 0. The molecule has 0 spiro atoms. The van der Waals surface area contributed by atoms with Crippen LogP contribution in [0.25, 0.3) is 5.57 Å². The van der Waals surface area contributed by atoms with Crippen molar-refractivity contribution in [3.8, 4) is 0 Å². The number of hydrogen-bond acceptors (Lipinski definition) is 2. The van der Waals surface area contributed by atoms with E-state index in [-0.39, 0.29) is 6.32 Å². The molecule has 0 fully saturated rings. The lowest BCUT2D eigenvalue weighted by atomic mass is 9.86. The normalized spacial score (nSPS) is 12.1. The van der Waals surface area contributed by atoms with Crippen molar-refractivity contribution in [2.75, 3.05) is 0 Å². The Labute approximate surface area is 90.7 Å². The summed E-state index contributed by atoms with van der Waals surface area (Å²) in [7, 11) is -1.27. The van der Waals surface area contributed by atoms with Crippen LogP contribution in [0.5, 0.6) is 0 Å². The van der Waals surface area contributed by atoms with Gasteiger partial charge >= 0.3 is 7.12 Å². The Bertz CT molecular complexity index is 342. The number of allylic oxidation sites excluding steroid dienone is 4. The van der Waals surface area contributed by atoms with Gasteiger partial charge in [0, 0.05) is 6.32 Å². The largest absolute Gasteiger partial charge is 0.455 e. The molecule has 0 bridgehead atoms. The highest BCUT2D eigenvalue weighted by Crippen LogP contribution is 2.15. The highest BCUT2D eigenvalue weighted by atomic mass is 16.4. The lowest BCUT2D eigenvalue weighted by molar-refractivity contribution is 0.411. The van der Waals surface area contributed by atoms with E-state index in [0.29, 0.717) is 0 Å². The molecule has 1 aromatic carbocycles. The predicted molar refractivity (Wildman–Crippen MR) is 64.2 cm³/mol. The smallest absolute Gasteiger partial charge is 0.427 e. The molecule has 0 aliphatic carbocycles. The van der Waals surface area contributed by atoms with Gasteiger partial charge in [-0.25, -0.2) is 0 Å². The minimum absolute atomic E-state index is 0.254. The van der Waals surface area contributed by atoms with Gasteiger partial charge in [-0.1, -0.05) is 48.6 Å².